The van der Waals surface area contributed by atoms with Gasteiger partial charge in [0, 0.05) is 23.0 Å². The molecule has 0 radical (unpaired) electrons. The highest BCUT2D eigenvalue weighted by molar-refractivity contribution is 6.02. The Morgan fingerprint density at radius 1 is 1.30 bits per heavy atom. The number of methoxy groups -OCH3 is 1. The third kappa shape index (κ3) is 2.57. The number of carbonyl (C=O) groups is 3. The van der Waals surface area contributed by atoms with E-state index in [1.54, 1.807) is 18.6 Å². The second-order valence-corrected chi connectivity index (χ2v) is 8.47. The van der Waals surface area contributed by atoms with Gasteiger partial charge in [-0.3, -0.25) is 9.59 Å². The van der Waals surface area contributed by atoms with Gasteiger partial charge in [0.25, 0.3) is 0 Å². The third-order valence-electron chi connectivity index (χ3n) is 7.13. The third-order valence-corrected chi connectivity index (χ3v) is 7.13. The molecule has 2 fully saturated rings. The Morgan fingerprint density at radius 3 is 2.74 bits per heavy atom. The first-order valence-corrected chi connectivity index (χ1v) is 9.35. The van der Waals surface area contributed by atoms with Crippen molar-refractivity contribution < 1.29 is 28.3 Å². The Labute approximate surface area is 157 Å². The van der Waals surface area contributed by atoms with Crippen molar-refractivity contribution >= 4 is 17.7 Å². The van der Waals surface area contributed by atoms with Crippen LogP contribution in [0.2, 0.25) is 0 Å². The summed E-state index contributed by atoms with van der Waals surface area (Å²) >= 11 is 0. The molecule has 5 atom stereocenters. The fraction of sp³-hybridized carbons (Fsp3) is 0.571. The number of furan rings is 1. The molecule has 144 valence electrons. The second-order valence-electron chi connectivity index (χ2n) is 8.47. The number of allylic oxidation sites excluding steroid dienone is 1. The summed E-state index contributed by atoms with van der Waals surface area (Å²) in [5.74, 6) is -1.17. The van der Waals surface area contributed by atoms with Gasteiger partial charge in [0.05, 0.1) is 25.6 Å². The Kier molecular flexibility index (Phi) is 4.05. The van der Waals surface area contributed by atoms with Crippen LogP contribution in [0.3, 0.4) is 0 Å². The SMILES string of the molecule is COC(=O)C1=CC(=O)C[C@@H]2[C@@]3(C)C[C@@H](c4ccoc4)OC(=O)[C@H]3CC[C@@]12C. The number of esters is 2. The zero-order valence-electron chi connectivity index (χ0n) is 15.8. The largest absolute Gasteiger partial charge is 0.472 e. The molecule has 2 heterocycles. The monoisotopic (exact) mass is 372 g/mol. The van der Waals surface area contributed by atoms with Crippen LogP contribution >= 0.6 is 0 Å². The number of fused-ring (bicyclic) bond motifs is 3. The van der Waals surface area contributed by atoms with Crippen molar-refractivity contribution in [3.63, 3.8) is 0 Å². The summed E-state index contributed by atoms with van der Waals surface area (Å²) in [7, 11) is 1.33. The number of hydrogen-bond donors (Lipinski definition) is 0. The van der Waals surface area contributed by atoms with Crippen LogP contribution in [0.4, 0.5) is 0 Å². The maximum atomic E-state index is 12.8. The van der Waals surface area contributed by atoms with Crippen molar-refractivity contribution in [1.29, 1.82) is 0 Å². The van der Waals surface area contributed by atoms with Gasteiger partial charge in [-0.15, -0.1) is 0 Å². The minimum absolute atomic E-state index is 0.0847. The first kappa shape index (κ1) is 18.0. The maximum Gasteiger partial charge on any atom is 0.334 e. The van der Waals surface area contributed by atoms with E-state index in [1.807, 2.05) is 6.92 Å². The van der Waals surface area contributed by atoms with E-state index in [1.165, 1.54) is 13.2 Å². The molecule has 0 unspecified atom stereocenters. The molecule has 6 heteroatoms. The number of hydrogen-bond acceptors (Lipinski definition) is 6. The van der Waals surface area contributed by atoms with Crippen molar-refractivity contribution in [2.45, 2.75) is 45.6 Å². The van der Waals surface area contributed by atoms with Gasteiger partial charge in [0.15, 0.2) is 5.78 Å². The molecule has 27 heavy (non-hydrogen) atoms. The summed E-state index contributed by atoms with van der Waals surface area (Å²) in [5, 5.41) is 0. The quantitative estimate of drug-likeness (QED) is 0.740. The molecular formula is C21H24O6. The van der Waals surface area contributed by atoms with Crippen LogP contribution in [0, 0.1) is 22.7 Å². The van der Waals surface area contributed by atoms with Crippen molar-refractivity contribution in [3.05, 3.63) is 35.8 Å². The van der Waals surface area contributed by atoms with Gasteiger partial charge < -0.3 is 13.9 Å². The normalized spacial score (nSPS) is 38.3. The summed E-state index contributed by atoms with van der Waals surface area (Å²) in [5.41, 5.74) is 0.309. The van der Waals surface area contributed by atoms with E-state index in [-0.39, 0.29) is 23.6 Å². The topological polar surface area (TPSA) is 82.8 Å². The maximum absolute atomic E-state index is 12.8. The Hall–Kier alpha value is -2.37. The van der Waals surface area contributed by atoms with Crippen LogP contribution in [0.1, 0.15) is 51.2 Å². The molecule has 1 aromatic rings. The van der Waals surface area contributed by atoms with Gasteiger partial charge in [-0.2, -0.15) is 0 Å². The lowest BCUT2D eigenvalue weighted by Crippen LogP contribution is -2.57. The molecule has 4 rings (SSSR count). The second kappa shape index (κ2) is 6.08. The fourth-order valence-electron chi connectivity index (χ4n) is 5.67. The van der Waals surface area contributed by atoms with Gasteiger partial charge >= 0.3 is 11.9 Å². The molecule has 0 aromatic carbocycles. The molecule has 0 N–H and O–H groups in total. The van der Waals surface area contributed by atoms with Gasteiger partial charge in [-0.1, -0.05) is 13.8 Å². The van der Waals surface area contributed by atoms with Crippen LogP contribution in [0.25, 0.3) is 0 Å². The van der Waals surface area contributed by atoms with Crippen molar-refractivity contribution in [2.75, 3.05) is 7.11 Å². The molecule has 1 saturated carbocycles. The molecule has 3 aliphatic rings. The molecule has 1 aliphatic heterocycles. The lowest BCUT2D eigenvalue weighted by Gasteiger charge is -2.59. The first-order valence-electron chi connectivity index (χ1n) is 9.35. The summed E-state index contributed by atoms with van der Waals surface area (Å²) in [4.78, 5) is 37.7. The van der Waals surface area contributed by atoms with Crippen LogP contribution in [-0.4, -0.2) is 24.8 Å². The van der Waals surface area contributed by atoms with E-state index in [0.717, 1.165) is 5.56 Å². The van der Waals surface area contributed by atoms with Gasteiger partial charge in [0.1, 0.15) is 6.10 Å². The molecule has 1 saturated heterocycles. The number of ketones is 1. The van der Waals surface area contributed by atoms with E-state index >= 15 is 0 Å². The van der Waals surface area contributed by atoms with Crippen molar-refractivity contribution in [1.82, 2.24) is 0 Å². The predicted octanol–water partition coefficient (Wildman–Crippen LogP) is 3.38. The minimum atomic E-state index is -0.495. The zero-order valence-corrected chi connectivity index (χ0v) is 15.8. The standard InChI is InChI=1S/C21H24O6/c1-20-6-4-14-19(24)27-16(12-5-7-26-11-12)10-21(14,2)17(20)9-13(22)8-15(20)18(23)25-3/h5,7-8,11,14,16-17H,4,6,9-10H2,1-3H3/t14-,16+,17+,20+,21+/m1/s1. The predicted molar refractivity (Wildman–Crippen MR) is 94.3 cm³/mol. The van der Waals surface area contributed by atoms with Gasteiger partial charge in [-0.25, -0.2) is 4.79 Å². The number of rotatable bonds is 2. The average Bonchev–Trinajstić information content (AvgIpc) is 3.16. The van der Waals surface area contributed by atoms with Gasteiger partial charge in [0.2, 0.25) is 0 Å². The van der Waals surface area contributed by atoms with Gasteiger partial charge in [-0.05, 0) is 42.7 Å². The molecule has 0 spiro atoms. The average molecular weight is 372 g/mol. The summed E-state index contributed by atoms with van der Waals surface area (Å²) in [6.07, 6.45) is 6.41. The number of cyclic esters (lactones) is 1. The highest BCUT2D eigenvalue weighted by atomic mass is 16.5. The van der Waals surface area contributed by atoms with E-state index in [4.69, 9.17) is 13.9 Å². The number of ether oxygens (including phenoxy) is 2. The van der Waals surface area contributed by atoms with Crippen LogP contribution in [0.15, 0.2) is 34.7 Å². The lowest BCUT2D eigenvalue weighted by atomic mass is 9.45. The first-order chi connectivity index (χ1) is 12.8. The molecule has 6 nitrogen and oxygen atoms in total. The molecule has 1 aromatic heterocycles. The fourth-order valence-corrected chi connectivity index (χ4v) is 5.67. The van der Waals surface area contributed by atoms with E-state index in [2.05, 4.69) is 6.92 Å². The minimum Gasteiger partial charge on any atom is -0.472 e. The smallest absolute Gasteiger partial charge is 0.334 e. The van der Waals surface area contributed by atoms with E-state index in [9.17, 15) is 14.4 Å². The summed E-state index contributed by atoms with van der Waals surface area (Å²) in [6, 6.07) is 1.80. The van der Waals surface area contributed by atoms with Crippen molar-refractivity contribution in [3.8, 4) is 0 Å². The molecular weight excluding hydrogens is 348 g/mol. The summed E-state index contributed by atoms with van der Waals surface area (Å²) in [6.45, 7) is 4.10. The Bertz CT molecular complexity index is 822. The molecule has 0 bridgehead atoms. The Balaban J connectivity index is 1.77. The van der Waals surface area contributed by atoms with Crippen LogP contribution in [-0.2, 0) is 23.9 Å². The molecule has 0 amide bonds. The lowest BCUT2D eigenvalue weighted by molar-refractivity contribution is -0.191. The highest BCUT2D eigenvalue weighted by Gasteiger charge is 2.62. The Morgan fingerprint density at radius 2 is 2.07 bits per heavy atom. The van der Waals surface area contributed by atoms with E-state index in [0.29, 0.717) is 31.3 Å². The molecule has 2 aliphatic carbocycles. The number of carbonyl (C=O) groups excluding carboxylic acids is 3. The zero-order chi connectivity index (χ0) is 19.4. The van der Waals surface area contributed by atoms with Crippen molar-refractivity contribution in [2.24, 2.45) is 22.7 Å². The van der Waals surface area contributed by atoms with E-state index < -0.39 is 22.9 Å². The summed E-state index contributed by atoms with van der Waals surface area (Å²) < 4.78 is 15.8. The van der Waals surface area contributed by atoms with Crippen LogP contribution < -0.4 is 0 Å². The van der Waals surface area contributed by atoms with Crippen LogP contribution in [0.5, 0.6) is 0 Å². The highest BCUT2D eigenvalue weighted by Crippen LogP contribution is 2.64.